The summed E-state index contributed by atoms with van der Waals surface area (Å²) >= 11 is 6.03. The molecule has 0 spiro atoms. The Kier molecular flexibility index (Phi) is 5.35. The van der Waals surface area contributed by atoms with Crippen molar-refractivity contribution in [2.75, 3.05) is 6.54 Å². The number of benzene rings is 1. The maximum absolute atomic E-state index is 12.2. The Labute approximate surface area is 172 Å². The molecule has 3 heterocycles. The first-order valence-electron chi connectivity index (χ1n) is 9.39. The molecule has 1 fully saturated rings. The van der Waals surface area contributed by atoms with Crippen LogP contribution < -0.4 is 10.6 Å². The fraction of sp³-hybridized carbons (Fsp3) is 0.300. The van der Waals surface area contributed by atoms with Crippen LogP contribution in [0.5, 0.6) is 0 Å². The third-order valence-electron chi connectivity index (χ3n) is 4.90. The number of hydrogen-bond acceptors (Lipinski definition) is 4. The Morgan fingerprint density at radius 1 is 1.34 bits per heavy atom. The van der Waals surface area contributed by atoms with E-state index in [1.807, 2.05) is 48.3 Å². The van der Waals surface area contributed by atoms with Crippen molar-refractivity contribution in [3.8, 4) is 22.6 Å². The summed E-state index contributed by atoms with van der Waals surface area (Å²) in [7, 11) is 1.92. The summed E-state index contributed by atoms with van der Waals surface area (Å²) in [6.45, 7) is 0.907. The molecule has 1 aliphatic rings. The van der Waals surface area contributed by atoms with E-state index in [-0.39, 0.29) is 11.8 Å². The van der Waals surface area contributed by atoms with E-state index in [1.54, 1.807) is 10.9 Å². The van der Waals surface area contributed by atoms with Crippen LogP contribution in [0.25, 0.3) is 22.6 Å². The number of imidazole rings is 1. The van der Waals surface area contributed by atoms with E-state index in [4.69, 9.17) is 16.7 Å². The van der Waals surface area contributed by atoms with E-state index in [2.05, 4.69) is 15.6 Å². The van der Waals surface area contributed by atoms with Gasteiger partial charge in [0.15, 0.2) is 5.82 Å². The lowest BCUT2D eigenvalue weighted by Gasteiger charge is -2.10. The third kappa shape index (κ3) is 4.17. The highest BCUT2D eigenvalue weighted by Gasteiger charge is 2.26. The molecule has 1 aromatic carbocycles. The van der Waals surface area contributed by atoms with Gasteiger partial charge >= 0.3 is 0 Å². The molecule has 8 nitrogen and oxygen atoms in total. The summed E-state index contributed by atoms with van der Waals surface area (Å²) in [5.74, 6) is 0.515. The lowest BCUT2D eigenvalue weighted by atomic mass is 10.1. The van der Waals surface area contributed by atoms with Gasteiger partial charge in [-0.25, -0.2) is 4.98 Å². The first-order valence-corrected chi connectivity index (χ1v) is 9.77. The summed E-state index contributed by atoms with van der Waals surface area (Å²) in [5.41, 5.74) is 2.68. The van der Waals surface area contributed by atoms with Gasteiger partial charge in [0, 0.05) is 49.2 Å². The standard InChI is InChI=1S/C20H21ClN6O2/c1-26-10-8-22-19(26)18-15(13-2-4-14(21)5-3-13)12-27(25-18)11-9-23-20(29)16-6-7-17(28)24-16/h2-5,8,10,12,16H,6-7,9,11H2,1H3,(H,23,29)(H,24,28). The van der Waals surface area contributed by atoms with E-state index in [0.29, 0.717) is 31.0 Å². The second kappa shape index (κ2) is 8.08. The molecular formula is C20H21ClN6O2. The first kappa shape index (κ1) is 19.2. The molecule has 3 aromatic rings. The summed E-state index contributed by atoms with van der Waals surface area (Å²) in [4.78, 5) is 27.8. The smallest absolute Gasteiger partial charge is 0.242 e. The highest BCUT2D eigenvalue weighted by Crippen LogP contribution is 2.30. The molecule has 9 heteroatoms. The van der Waals surface area contributed by atoms with E-state index in [0.717, 1.165) is 22.6 Å². The number of nitrogens with one attached hydrogen (secondary N) is 2. The van der Waals surface area contributed by atoms with E-state index in [9.17, 15) is 9.59 Å². The molecule has 0 saturated carbocycles. The average Bonchev–Trinajstić information content (AvgIpc) is 3.42. The fourth-order valence-corrected chi connectivity index (χ4v) is 3.49. The lowest BCUT2D eigenvalue weighted by molar-refractivity contribution is -0.125. The normalized spacial score (nSPS) is 16.1. The summed E-state index contributed by atoms with van der Waals surface area (Å²) < 4.78 is 3.71. The molecular weight excluding hydrogens is 392 g/mol. The molecule has 0 bridgehead atoms. The first-order chi connectivity index (χ1) is 14.0. The summed E-state index contributed by atoms with van der Waals surface area (Å²) in [6, 6.07) is 7.13. The van der Waals surface area contributed by atoms with Gasteiger partial charge in [0.25, 0.3) is 0 Å². The predicted octanol–water partition coefficient (Wildman–Crippen LogP) is 2.00. The van der Waals surface area contributed by atoms with Crippen LogP contribution in [-0.4, -0.2) is 43.7 Å². The lowest BCUT2D eigenvalue weighted by Crippen LogP contribution is -2.42. The zero-order valence-electron chi connectivity index (χ0n) is 15.9. The molecule has 2 aromatic heterocycles. The van der Waals surface area contributed by atoms with Crippen molar-refractivity contribution in [1.29, 1.82) is 0 Å². The zero-order valence-corrected chi connectivity index (χ0v) is 16.7. The van der Waals surface area contributed by atoms with Crippen molar-refractivity contribution in [3.63, 3.8) is 0 Å². The Hall–Kier alpha value is -3.13. The van der Waals surface area contributed by atoms with Crippen molar-refractivity contribution < 1.29 is 9.59 Å². The average molecular weight is 413 g/mol. The molecule has 0 aliphatic carbocycles. The molecule has 1 aliphatic heterocycles. The highest BCUT2D eigenvalue weighted by atomic mass is 35.5. The molecule has 1 saturated heterocycles. The number of hydrogen-bond donors (Lipinski definition) is 2. The SMILES string of the molecule is Cn1ccnc1-c1nn(CCNC(=O)C2CCC(=O)N2)cc1-c1ccc(Cl)cc1. The topological polar surface area (TPSA) is 93.8 Å². The minimum Gasteiger partial charge on any atom is -0.352 e. The van der Waals surface area contributed by atoms with Crippen LogP contribution in [0.15, 0.2) is 42.9 Å². The van der Waals surface area contributed by atoms with Crippen LogP contribution in [0.2, 0.25) is 5.02 Å². The fourth-order valence-electron chi connectivity index (χ4n) is 3.36. The largest absolute Gasteiger partial charge is 0.352 e. The van der Waals surface area contributed by atoms with Crippen LogP contribution in [0, 0.1) is 0 Å². The summed E-state index contributed by atoms with van der Waals surface area (Å²) in [6.07, 6.45) is 6.48. The summed E-state index contributed by atoms with van der Waals surface area (Å²) in [5, 5.41) is 10.9. The predicted molar refractivity (Wildman–Crippen MR) is 109 cm³/mol. The second-order valence-electron chi connectivity index (χ2n) is 6.97. The molecule has 1 atom stereocenters. The van der Waals surface area contributed by atoms with Crippen molar-refractivity contribution in [2.24, 2.45) is 7.05 Å². The number of aryl methyl sites for hydroxylation is 1. The van der Waals surface area contributed by atoms with Gasteiger partial charge in [-0.3, -0.25) is 14.3 Å². The highest BCUT2D eigenvalue weighted by molar-refractivity contribution is 6.30. The Morgan fingerprint density at radius 2 is 2.14 bits per heavy atom. The van der Waals surface area contributed by atoms with Gasteiger partial charge < -0.3 is 15.2 Å². The van der Waals surface area contributed by atoms with Crippen molar-refractivity contribution in [2.45, 2.75) is 25.4 Å². The Bertz CT molecular complexity index is 1040. The van der Waals surface area contributed by atoms with Crippen LogP contribution in [-0.2, 0) is 23.2 Å². The van der Waals surface area contributed by atoms with Gasteiger partial charge in [-0.15, -0.1) is 0 Å². The van der Waals surface area contributed by atoms with Crippen molar-refractivity contribution >= 4 is 23.4 Å². The molecule has 0 radical (unpaired) electrons. The minimum atomic E-state index is -0.437. The second-order valence-corrected chi connectivity index (χ2v) is 7.41. The van der Waals surface area contributed by atoms with Crippen LogP contribution in [0.4, 0.5) is 0 Å². The molecule has 2 amide bonds. The van der Waals surface area contributed by atoms with Gasteiger partial charge in [-0.1, -0.05) is 23.7 Å². The molecule has 150 valence electrons. The van der Waals surface area contributed by atoms with Crippen molar-refractivity contribution in [1.82, 2.24) is 30.0 Å². The van der Waals surface area contributed by atoms with Gasteiger partial charge in [0.2, 0.25) is 11.8 Å². The van der Waals surface area contributed by atoms with E-state index >= 15 is 0 Å². The van der Waals surface area contributed by atoms with Gasteiger partial charge in [0.05, 0.1) is 6.54 Å². The Morgan fingerprint density at radius 3 is 2.79 bits per heavy atom. The van der Waals surface area contributed by atoms with Gasteiger partial charge in [0.1, 0.15) is 11.7 Å². The monoisotopic (exact) mass is 412 g/mol. The zero-order chi connectivity index (χ0) is 20.4. The van der Waals surface area contributed by atoms with Gasteiger partial charge in [-0.05, 0) is 24.1 Å². The van der Waals surface area contributed by atoms with Gasteiger partial charge in [-0.2, -0.15) is 5.10 Å². The maximum atomic E-state index is 12.2. The number of aromatic nitrogens is 4. The van der Waals surface area contributed by atoms with Crippen LogP contribution in [0.3, 0.4) is 0 Å². The number of carbonyl (C=O) groups is 2. The number of halogens is 1. The molecule has 4 rings (SSSR count). The Balaban J connectivity index is 1.52. The van der Waals surface area contributed by atoms with Crippen LogP contribution in [0.1, 0.15) is 12.8 Å². The minimum absolute atomic E-state index is 0.0791. The van der Waals surface area contributed by atoms with Crippen LogP contribution >= 0.6 is 11.6 Å². The van der Waals surface area contributed by atoms with E-state index in [1.165, 1.54) is 0 Å². The molecule has 1 unspecified atom stereocenters. The third-order valence-corrected chi connectivity index (χ3v) is 5.15. The van der Waals surface area contributed by atoms with E-state index < -0.39 is 6.04 Å². The number of nitrogens with zero attached hydrogens (tertiary/aromatic N) is 4. The molecule has 29 heavy (non-hydrogen) atoms. The van der Waals surface area contributed by atoms with Crippen molar-refractivity contribution in [3.05, 3.63) is 47.9 Å². The number of amides is 2. The maximum Gasteiger partial charge on any atom is 0.242 e. The number of carbonyl (C=O) groups excluding carboxylic acids is 2. The number of rotatable bonds is 6. The quantitative estimate of drug-likeness (QED) is 0.647. The molecule has 2 N–H and O–H groups in total.